The van der Waals surface area contributed by atoms with Crippen LogP contribution in [0.5, 0.6) is 0 Å². The summed E-state index contributed by atoms with van der Waals surface area (Å²) in [4.78, 5) is 0. The van der Waals surface area contributed by atoms with E-state index < -0.39 is 30.1 Å². The minimum absolute atomic E-state index is 0.154. The fourth-order valence-electron chi connectivity index (χ4n) is 1.92. The first-order valence-electron chi connectivity index (χ1n) is 6.27. The van der Waals surface area contributed by atoms with Crippen molar-refractivity contribution in [3.63, 3.8) is 0 Å². The van der Waals surface area contributed by atoms with E-state index in [9.17, 15) is 13.2 Å². The zero-order valence-electron chi connectivity index (χ0n) is 11.9. The molecule has 0 amide bonds. The Morgan fingerprint density at radius 2 is 1.57 bits per heavy atom. The van der Waals surface area contributed by atoms with Gasteiger partial charge < -0.3 is 9.31 Å². The predicted molar refractivity (Wildman–Crippen MR) is 79.9 cm³/mol. The molecule has 116 valence electrons. The molecular weight excluding hydrogens is 371 g/mol. The highest BCUT2D eigenvalue weighted by Crippen LogP contribution is 2.39. The summed E-state index contributed by atoms with van der Waals surface area (Å²) in [6, 6.07) is 1.91. The lowest BCUT2D eigenvalue weighted by Gasteiger charge is -2.32. The molecule has 1 fully saturated rings. The molecular formula is C13H14BBrClF3O2. The molecule has 0 saturated carbocycles. The molecule has 0 atom stereocenters. The normalized spacial score (nSPS) is 20.9. The first kappa shape index (κ1) is 17.1. The third-order valence-corrected chi connectivity index (χ3v) is 5.17. The first-order valence-corrected chi connectivity index (χ1v) is 7.44. The molecule has 2 nitrogen and oxygen atoms in total. The lowest BCUT2D eigenvalue weighted by atomic mass is 9.78. The number of rotatable bonds is 1. The van der Waals surface area contributed by atoms with Gasteiger partial charge in [-0.25, -0.2) is 0 Å². The van der Waals surface area contributed by atoms with Crippen molar-refractivity contribution in [2.24, 2.45) is 0 Å². The second-order valence-corrected chi connectivity index (χ2v) is 7.18. The van der Waals surface area contributed by atoms with Gasteiger partial charge in [0.15, 0.2) is 0 Å². The Kier molecular flexibility index (Phi) is 4.20. The van der Waals surface area contributed by atoms with E-state index >= 15 is 0 Å². The predicted octanol–water partition coefficient (Wildman–Crippen LogP) is 4.42. The summed E-state index contributed by atoms with van der Waals surface area (Å²) in [5, 5.41) is 0.154. The van der Waals surface area contributed by atoms with Crippen molar-refractivity contribution in [1.82, 2.24) is 0 Å². The van der Waals surface area contributed by atoms with Gasteiger partial charge in [0.1, 0.15) is 0 Å². The standard InChI is InChI=1S/C13H14BBrClF3O2/c1-11(2)12(3,4)21-14(20-11)8-5-7(13(17,18)19)6-9(15)10(8)16/h5-6H,1-4H3. The van der Waals surface area contributed by atoms with E-state index in [1.54, 1.807) is 0 Å². The molecule has 1 aliphatic rings. The minimum atomic E-state index is -4.47. The second-order valence-electron chi connectivity index (χ2n) is 5.95. The number of halogens is 5. The van der Waals surface area contributed by atoms with Crippen molar-refractivity contribution >= 4 is 40.1 Å². The summed E-state index contributed by atoms with van der Waals surface area (Å²) >= 11 is 9.16. The Hall–Kier alpha value is -0.235. The van der Waals surface area contributed by atoms with E-state index in [0.29, 0.717) is 0 Å². The number of hydrogen-bond donors (Lipinski definition) is 0. The summed E-state index contributed by atoms with van der Waals surface area (Å²) in [7, 11) is -0.943. The monoisotopic (exact) mass is 384 g/mol. The minimum Gasteiger partial charge on any atom is -0.399 e. The fraction of sp³-hybridized carbons (Fsp3) is 0.538. The molecule has 0 spiro atoms. The lowest BCUT2D eigenvalue weighted by molar-refractivity contribution is -0.137. The molecule has 0 aliphatic carbocycles. The van der Waals surface area contributed by atoms with Crippen LogP contribution in [0.15, 0.2) is 16.6 Å². The molecule has 1 aliphatic heterocycles. The summed E-state index contributed by atoms with van der Waals surface area (Å²) in [6.45, 7) is 7.29. The van der Waals surface area contributed by atoms with E-state index in [2.05, 4.69) is 15.9 Å². The van der Waals surface area contributed by atoms with Gasteiger partial charge in [-0.15, -0.1) is 0 Å². The Labute approximate surface area is 135 Å². The van der Waals surface area contributed by atoms with Gasteiger partial charge in [-0.3, -0.25) is 0 Å². The third kappa shape index (κ3) is 3.11. The van der Waals surface area contributed by atoms with E-state index in [1.807, 2.05) is 27.7 Å². The van der Waals surface area contributed by atoms with Crippen molar-refractivity contribution < 1.29 is 22.5 Å². The SMILES string of the molecule is CC1(C)OB(c2cc(C(F)(F)F)cc(Br)c2Cl)OC1(C)C. The fourth-order valence-corrected chi connectivity index (χ4v) is 2.59. The van der Waals surface area contributed by atoms with E-state index in [1.165, 1.54) is 0 Å². The van der Waals surface area contributed by atoms with Gasteiger partial charge in [0.05, 0.1) is 21.8 Å². The molecule has 0 N–H and O–H groups in total. The van der Waals surface area contributed by atoms with E-state index in [4.69, 9.17) is 20.9 Å². The average Bonchev–Trinajstić information content (AvgIpc) is 2.50. The molecule has 21 heavy (non-hydrogen) atoms. The summed E-state index contributed by atoms with van der Waals surface area (Å²) in [6.07, 6.45) is -4.47. The van der Waals surface area contributed by atoms with Crippen LogP contribution in [-0.2, 0) is 15.5 Å². The van der Waals surface area contributed by atoms with Gasteiger partial charge in [-0.1, -0.05) is 11.6 Å². The average molecular weight is 385 g/mol. The third-order valence-electron chi connectivity index (χ3n) is 3.89. The van der Waals surface area contributed by atoms with Crippen molar-refractivity contribution in [3.05, 3.63) is 27.2 Å². The highest BCUT2D eigenvalue weighted by atomic mass is 79.9. The largest absolute Gasteiger partial charge is 0.496 e. The Morgan fingerprint density at radius 3 is 2.00 bits per heavy atom. The number of hydrogen-bond acceptors (Lipinski definition) is 2. The lowest BCUT2D eigenvalue weighted by Crippen LogP contribution is -2.41. The van der Waals surface area contributed by atoms with Crippen LogP contribution in [0.2, 0.25) is 5.02 Å². The smallest absolute Gasteiger partial charge is 0.399 e. The van der Waals surface area contributed by atoms with Crippen LogP contribution >= 0.6 is 27.5 Å². The maximum atomic E-state index is 12.9. The van der Waals surface area contributed by atoms with Gasteiger partial charge in [0.25, 0.3) is 0 Å². The molecule has 1 aromatic carbocycles. The Bertz CT molecular complexity index is 559. The highest BCUT2D eigenvalue weighted by molar-refractivity contribution is 9.10. The van der Waals surface area contributed by atoms with Crippen molar-refractivity contribution in [2.75, 3.05) is 0 Å². The first-order chi connectivity index (χ1) is 9.35. The van der Waals surface area contributed by atoms with Gasteiger partial charge in [-0.05, 0) is 55.8 Å². The van der Waals surface area contributed by atoms with Gasteiger partial charge in [0, 0.05) is 9.94 Å². The number of alkyl halides is 3. The zero-order valence-corrected chi connectivity index (χ0v) is 14.3. The molecule has 0 bridgehead atoms. The summed E-state index contributed by atoms with van der Waals surface area (Å²) < 4.78 is 50.4. The number of benzene rings is 1. The van der Waals surface area contributed by atoms with Crippen LogP contribution in [-0.4, -0.2) is 18.3 Å². The molecule has 0 unspecified atom stereocenters. The van der Waals surface area contributed by atoms with E-state index in [0.717, 1.165) is 12.1 Å². The van der Waals surface area contributed by atoms with E-state index in [-0.39, 0.29) is 15.0 Å². The molecule has 2 rings (SSSR count). The van der Waals surface area contributed by atoms with Gasteiger partial charge in [-0.2, -0.15) is 13.2 Å². The van der Waals surface area contributed by atoms with Crippen LogP contribution in [0.3, 0.4) is 0 Å². The van der Waals surface area contributed by atoms with Crippen LogP contribution in [0.1, 0.15) is 33.3 Å². The van der Waals surface area contributed by atoms with Crippen LogP contribution in [0.4, 0.5) is 13.2 Å². The molecule has 1 saturated heterocycles. The molecule has 1 heterocycles. The molecule has 0 radical (unpaired) electrons. The van der Waals surface area contributed by atoms with Crippen molar-refractivity contribution in [1.29, 1.82) is 0 Å². The molecule has 1 aromatic rings. The summed E-state index contributed by atoms with van der Waals surface area (Å²) in [5.41, 5.74) is -1.94. The highest BCUT2D eigenvalue weighted by Gasteiger charge is 2.52. The topological polar surface area (TPSA) is 18.5 Å². The second kappa shape index (κ2) is 5.15. The maximum absolute atomic E-state index is 12.9. The van der Waals surface area contributed by atoms with Crippen LogP contribution < -0.4 is 5.46 Å². The maximum Gasteiger partial charge on any atom is 0.496 e. The Morgan fingerprint density at radius 1 is 1.10 bits per heavy atom. The molecule has 8 heteroatoms. The quantitative estimate of drug-likeness (QED) is 0.667. The van der Waals surface area contributed by atoms with Crippen LogP contribution in [0, 0.1) is 0 Å². The van der Waals surface area contributed by atoms with Gasteiger partial charge >= 0.3 is 13.3 Å². The summed E-state index contributed by atoms with van der Waals surface area (Å²) in [5.74, 6) is 0. The van der Waals surface area contributed by atoms with Crippen molar-refractivity contribution in [3.8, 4) is 0 Å². The van der Waals surface area contributed by atoms with Crippen molar-refractivity contribution in [2.45, 2.75) is 45.1 Å². The van der Waals surface area contributed by atoms with Gasteiger partial charge in [0.2, 0.25) is 0 Å². The van der Waals surface area contributed by atoms with Crippen LogP contribution in [0.25, 0.3) is 0 Å². The molecule has 0 aromatic heterocycles. The Balaban J connectivity index is 2.48. The zero-order chi connectivity index (χ0) is 16.2.